The van der Waals surface area contributed by atoms with Gasteiger partial charge in [0.05, 0.1) is 13.7 Å². The topological polar surface area (TPSA) is 50.7 Å². The van der Waals surface area contributed by atoms with Crippen LogP contribution in [0.1, 0.15) is 16.7 Å². The van der Waals surface area contributed by atoms with Crippen molar-refractivity contribution in [1.29, 1.82) is 0 Å². The van der Waals surface area contributed by atoms with Crippen LogP contribution in [0.25, 0.3) is 0 Å². The molecule has 0 unspecified atom stereocenters. The van der Waals surface area contributed by atoms with Gasteiger partial charge < -0.3 is 19.9 Å². The van der Waals surface area contributed by atoms with Crippen molar-refractivity contribution >= 4 is 0 Å². The lowest BCUT2D eigenvalue weighted by atomic mass is 10.1. The maximum Gasteiger partial charge on any atom is 0.387 e. The fraction of sp³-hybridized carbons (Fsp3) is 0.294. The zero-order chi connectivity index (χ0) is 17.5. The molecule has 130 valence electrons. The normalized spacial score (nSPS) is 10.9. The van der Waals surface area contributed by atoms with Crippen molar-refractivity contribution in [3.63, 3.8) is 0 Å². The number of alkyl halides is 2. The summed E-state index contributed by atoms with van der Waals surface area (Å²) in [4.78, 5) is 0. The minimum Gasteiger partial charge on any atom is -0.497 e. The molecule has 0 fully saturated rings. The molecule has 0 aliphatic carbocycles. The lowest BCUT2D eigenvalue weighted by Crippen LogP contribution is -2.15. The molecular formula is C17H18F3NO3. The molecule has 0 aliphatic rings. The van der Waals surface area contributed by atoms with Crippen molar-refractivity contribution in [2.75, 3.05) is 7.11 Å². The first-order valence-corrected chi connectivity index (χ1v) is 7.24. The average molecular weight is 341 g/mol. The van der Waals surface area contributed by atoms with Gasteiger partial charge in [0.15, 0.2) is 0 Å². The molecule has 4 nitrogen and oxygen atoms in total. The molecule has 2 rings (SSSR count). The number of methoxy groups -OCH3 is 1. The second-order valence-corrected chi connectivity index (χ2v) is 5.04. The van der Waals surface area contributed by atoms with Gasteiger partial charge in [-0.15, -0.1) is 0 Å². The van der Waals surface area contributed by atoms with Crippen LogP contribution >= 0.6 is 0 Å². The number of aliphatic hydroxyl groups is 1. The van der Waals surface area contributed by atoms with Crippen LogP contribution in [0.2, 0.25) is 0 Å². The first kappa shape index (κ1) is 18.1. The Hall–Kier alpha value is -2.25. The van der Waals surface area contributed by atoms with Gasteiger partial charge in [-0.3, -0.25) is 0 Å². The number of hydrogen-bond donors (Lipinski definition) is 2. The Kier molecular flexibility index (Phi) is 6.45. The van der Waals surface area contributed by atoms with E-state index in [9.17, 15) is 13.2 Å². The molecule has 2 aromatic carbocycles. The van der Waals surface area contributed by atoms with Gasteiger partial charge in [-0.1, -0.05) is 12.1 Å². The van der Waals surface area contributed by atoms with Crippen molar-refractivity contribution < 1.29 is 27.8 Å². The van der Waals surface area contributed by atoms with Crippen LogP contribution in [0.4, 0.5) is 13.2 Å². The standard InChI is InChI=1S/C17H18F3NO3/c1-23-14-4-3-12(16(7-14)24-17(19)20)9-21-8-11-2-5-15(18)13(6-11)10-22/h2-7,17,21-22H,8-10H2,1H3. The molecule has 7 heteroatoms. The van der Waals surface area contributed by atoms with Crippen molar-refractivity contribution in [1.82, 2.24) is 5.32 Å². The number of ether oxygens (including phenoxy) is 2. The molecule has 0 saturated carbocycles. The zero-order valence-electron chi connectivity index (χ0n) is 13.1. The SMILES string of the molecule is COc1ccc(CNCc2ccc(F)c(CO)c2)c(OC(F)F)c1. The third kappa shape index (κ3) is 4.87. The monoisotopic (exact) mass is 341 g/mol. The highest BCUT2D eigenvalue weighted by Gasteiger charge is 2.11. The first-order valence-electron chi connectivity index (χ1n) is 7.24. The first-order chi connectivity index (χ1) is 11.5. The van der Waals surface area contributed by atoms with Crippen LogP contribution in [0.3, 0.4) is 0 Å². The van der Waals surface area contributed by atoms with Gasteiger partial charge in [0, 0.05) is 30.3 Å². The second-order valence-electron chi connectivity index (χ2n) is 5.04. The number of benzene rings is 2. The fourth-order valence-corrected chi connectivity index (χ4v) is 2.21. The van der Waals surface area contributed by atoms with Crippen molar-refractivity contribution in [2.45, 2.75) is 26.3 Å². The maximum atomic E-state index is 13.3. The van der Waals surface area contributed by atoms with E-state index >= 15 is 0 Å². The van der Waals surface area contributed by atoms with Crippen LogP contribution in [0.5, 0.6) is 11.5 Å². The summed E-state index contributed by atoms with van der Waals surface area (Å²) in [7, 11) is 1.44. The molecule has 0 aromatic heterocycles. The number of halogens is 3. The Bertz CT molecular complexity index is 680. The molecule has 0 amide bonds. The Labute approximate surface area is 137 Å². The Morgan fingerprint density at radius 2 is 1.88 bits per heavy atom. The van der Waals surface area contributed by atoms with E-state index in [1.807, 2.05) is 0 Å². The minimum absolute atomic E-state index is 0.0343. The maximum absolute atomic E-state index is 13.3. The van der Waals surface area contributed by atoms with Crippen LogP contribution in [-0.4, -0.2) is 18.8 Å². The molecule has 0 radical (unpaired) electrons. The van der Waals surface area contributed by atoms with E-state index in [2.05, 4.69) is 10.1 Å². The van der Waals surface area contributed by atoms with Gasteiger partial charge in [0.2, 0.25) is 0 Å². The summed E-state index contributed by atoms with van der Waals surface area (Å²) in [5.41, 5.74) is 1.52. The highest BCUT2D eigenvalue weighted by molar-refractivity contribution is 5.40. The van der Waals surface area contributed by atoms with E-state index in [1.54, 1.807) is 24.3 Å². The summed E-state index contributed by atoms with van der Waals surface area (Å²) in [6.07, 6.45) is 0. The van der Waals surface area contributed by atoms with Gasteiger partial charge in [-0.2, -0.15) is 8.78 Å². The number of aliphatic hydroxyl groups excluding tert-OH is 1. The fourth-order valence-electron chi connectivity index (χ4n) is 2.21. The zero-order valence-corrected chi connectivity index (χ0v) is 13.1. The summed E-state index contributed by atoms with van der Waals surface area (Å²) in [6.45, 7) is -2.66. The summed E-state index contributed by atoms with van der Waals surface area (Å²) < 4.78 is 47.8. The highest BCUT2D eigenvalue weighted by Crippen LogP contribution is 2.26. The summed E-state index contributed by atoms with van der Waals surface area (Å²) in [5.74, 6) is -0.0171. The molecule has 0 spiro atoms. The predicted octanol–water partition coefficient (Wildman–Crippen LogP) is 3.22. The van der Waals surface area contributed by atoms with Crippen molar-refractivity contribution in [2.24, 2.45) is 0 Å². The molecule has 0 aliphatic heterocycles. The molecule has 2 N–H and O–H groups in total. The summed E-state index contributed by atoms with van der Waals surface area (Å²) in [6, 6.07) is 9.09. The number of rotatable bonds is 8. The quantitative estimate of drug-likeness (QED) is 0.774. The Balaban J connectivity index is 2.03. The molecular weight excluding hydrogens is 323 g/mol. The second kappa shape index (κ2) is 8.56. The van der Waals surface area contributed by atoms with E-state index in [4.69, 9.17) is 9.84 Å². The minimum atomic E-state index is -2.93. The Morgan fingerprint density at radius 1 is 1.08 bits per heavy atom. The number of hydrogen-bond acceptors (Lipinski definition) is 4. The molecule has 24 heavy (non-hydrogen) atoms. The van der Waals surface area contributed by atoms with Gasteiger partial charge in [0.25, 0.3) is 0 Å². The lowest BCUT2D eigenvalue weighted by molar-refractivity contribution is -0.0505. The molecule has 0 heterocycles. The number of nitrogens with one attached hydrogen (secondary N) is 1. The smallest absolute Gasteiger partial charge is 0.387 e. The molecule has 0 bridgehead atoms. The summed E-state index contributed by atoms with van der Waals surface area (Å²) >= 11 is 0. The van der Waals surface area contributed by atoms with Gasteiger partial charge >= 0.3 is 6.61 Å². The van der Waals surface area contributed by atoms with E-state index in [0.29, 0.717) is 17.9 Å². The van der Waals surface area contributed by atoms with E-state index in [-0.39, 0.29) is 24.5 Å². The average Bonchev–Trinajstić information content (AvgIpc) is 2.57. The summed E-state index contributed by atoms with van der Waals surface area (Å²) in [5, 5.41) is 12.1. The van der Waals surface area contributed by atoms with Gasteiger partial charge in [-0.05, 0) is 23.8 Å². The van der Waals surface area contributed by atoms with Crippen LogP contribution < -0.4 is 14.8 Å². The lowest BCUT2D eigenvalue weighted by Gasteiger charge is -2.13. The molecule has 2 aromatic rings. The third-order valence-electron chi connectivity index (χ3n) is 3.42. The van der Waals surface area contributed by atoms with E-state index in [0.717, 1.165) is 5.56 Å². The third-order valence-corrected chi connectivity index (χ3v) is 3.42. The predicted molar refractivity (Wildman–Crippen MR) is 82.5 cm³/mol. The van der Waals surface area contributed by atoms with Gasteiger partial charge in [0.1, 0.15) is 17.3 Å². The van der Waals surface area contributed by atoms with Gasteiger partial charge in [-0.25, -0.2) is 4.39 Å². The van der Waals surface area contributed by atoms with Crippen LogP contribution in [-0.2, 0) is 19.7 Å². The van der Waals surface area contributed by atoms with Crippen LogP contribution in [0, 0.1) is 5.82 Å². The molecule has 0 saturated heterocycles. The van der Waals surface area contributed by atoms with E-state index < -0.39 is 12.4 Å². The van der Waals surface area contributed by atoms with Crippen molar-refractivity contribution in [3.05, 3.63) is 58.9 Å². The van der Waals surface area contributed by atoms with Crippen molar-refractivity contribution in [3.8, 4) is 11.5 Å². The largest absolute Gasteiger partial charge is 0.497 e. The van der Waals surface area contributed by atoms with Crippen LogP contribution in [0.15, 0.2) is 36.4 Å². The molecule has 0 atom stereocenters. The Morgan fingerprint density at radius 3 is 2.54 bits per heavy atom. The van der Waals surface area contributed by atoms with E-state index in [1.165, 1.54) is 19.2 Å². The highest BCUT2D eigenvalue weighted by atomic mass is 19.3.